The van der Waals surface area contributed by atoms with Crippen molar-refractivity contribution in [3.63, 3.8) is 0 Å². The van der Waals surface area contributed by atoms with Crippen LogP contribution in [0.4, 0.5) is 9.52 Å². The maximum atomic E-state index is 14.6. The van der Waals surface area contributed by atoms with E-state index in [-0.39, 0.29) is 29.3 Å². The molecule has 2 aliphatic heterocycles. The monoisotopic (exact) mass is 559 g/mol. The standard InChI is InChI=1S/C31H30FN3O4S/c32-25-11-18(30(36)37)12-26-28(25)33-31(40-26)35-19-9-10-20(35)14-21(13-19)38-15-24-27(34-39-29(24)17-7-8-17)23-4-2-1-3-22(23)16-5-6-16/h1-4,11-12,16-17,19-21H,5-10,13-15H2,(H,36,37)/t19-,20?,21?/m0/s1. The van der Waals surface area contributed by atoms with Crippen molar-refractivity contribution in [2.45, 2.75) is 88.0 Å². The van der Waals surface area contributed by atoms with Gasteiger partial charge in [-0.2, -0.15) is 0 Å². The van der Waals surface area contributed by atoms with E-state index in [0.717, 1.165) is 66.7 Å². The van der Waals surface area contributed by atoms with Gasteiger partial charge in [0, 0.05) is 29.1 Å². The number of carboxylic acid groups (broad SMARTS) is 1. The quantitative estimate of drug-likeness (QED) is 0.243. The Bertz CT molecular complexity index is 1610. The van der Waals surface area contributed by atoms with Crippen molar-refractivity contribution in [1.82, 2.24) is 10.1 Å². The zero-order valence-corrected chi connectivity index (χ0v) is 22.8. The summed E-state index contributed by atoms with van der Waals surface area (Å²) >= 11 is 1.38. The van der Waals surface area contributed by atoms with Crippen molar-refractivity contribution in [3.8, 4) is 11.3 Å². The summed E-state index contributed by atoms with van der Waals surface area (Å²) in [6.45, 7) is 0.498. The minimum atomic E-state index is -1.13. The van der Waals surface area contributed by atoms with E-state index in [1.54, 1.807) is 0 Å². The Labute approximate surface area is 234 Å². The third-order valence-corrected chi connectivity index (χ3v) is 10.1. The van der Waals surface area contributed by atoms with E-state index in [4.69, 9.17) is 9.26 Å². The molecule has 4 aliphatic rings. The van der Waals surface area contributed by atoms with E-state index >= 15 is 0 Å². The fourth-order valence-corrected chi connectivity index (χ4v) is 7.95. The summed E-state index contributed by atoms with van der Waals surface area (Å²) in [6, 6.07) is 11.7. The molecule has 1 N–H and O–H groups in total. The minimum absolute atomic E-state index is 0.0475. The molecule has 40 heavy (non-hydrogen) atoms. The van der Waals surface area contributed by atoms with Gasteiger partial charge in [-0.25, -0.2) is 14.2 Å². The van der Waals surface area contributed by atoms with Crippen molar-refractivity contribution in [2.24, 2.45) is 0 Å². The molecule has 7 nitrogen and oxygen atoms in total. The van der Waals surface area contributed by atoms with Crippen LogP contribution in [0.3, 0.4) is 0 Å². The van der Waals surface area contributed by atoms with Crippen LogP contribution in [0.2, 0.25) is 0 Å². The van der Waals surface area contributed by atoms with Crippen molar-refractivity contribution in [1.29, 1.82) is 0 Å². The average Bonchev–Trinajstić information content (AvgIpc) is 3.87. The summed E-state index contributed by atoms with van der Waals surface area (Å²) < 4.78 is 27.8. The summed E-state index contributed by atoms with van der Waals surface area (Å²) in [7, 11) is 0. The summed E-state index contributed by atoms with van der Waals surface area (Å²) in [5.41, 5.74) is 4.82. The van der Waals surface area contributed by atoms with Crippen LogP contribution in [0.5, 0.6) is 0 Å². The van der Waals surface area contributed by atoms with Crippen molar-refractivity contribution < 1.29 is 23.6 Å². The fourth-order valence-electron chi connectivity index (χ4n) is 6.79. The van der Waals surface area contributed by atoms with Crippen LogP contribution in [0.25, 0.3) is 21.5 Å². The Kier molecular flexibility index (Phi) is 5.74. The van der Waals surface area contributed by atoms with Crippen molar-refractivity contribution >= 4 is 32.7 Å². The number of aromatic nitrogens is 2. The highest BCUT2D eigenvalue weighted by atomic mass is 32.1. The fraction of sp³-hybridized carbons (Fsp3) is 0.452. The third-order valence-electron chi connectivity index (χ3n) is 9.06. The lowest BCUT2D eigenvalue weighted by Crippen LogP contribution is -2.45. The maximum absolute atomic E-state index is 14.6. The smallest absolute Gasteiger partial charge is 0.335 e. The second-order valence-corrected chi connectivity index (χ2v) is 12.8. The minimum Gasteiger partial charge on any atom is -0.478 e. The predicted octanol–water partition coefficient (Wildman–Crippen LogP) is 7.26. The first-order valence-electron chi connectivity index (χ1n) is 14.3. The van der Waals surface area contributed by atoms with Crippen LogP contribution in [0.1, 0.15) is 90.4 Å². The molecule has 0 amide bonds. The Balaban J connectivity index is 1.02. The first kappa shape index (κ1) is 24.5. The largest absolute Gasteiger partial charge is 0.478 e. The summed E-state index contributed by atoms with van der Waals surface area (Å²) in [5.74, 6) is 0.357. The number of carboxylic acids is 1. The first-order chi connectivity index (χ1) is 19.5. The van der Waals surface area contributed by atoms with E-state index in [9.17, 15) is 14.3 Å². The van der Waals surface area contributed by atoms with Gasteiger partial charge in [0.25, 0.3) is 0 Å². The third kappa shape index (κ3) is 4.21. The van der Waals surface area contributed by atoms with E-state index < -0.39 is 11.8 Å². The number of benzene rings is 2. The number of piperidine rings is 1. The van der Waals surface area contributed by atoms with Gasteiger partial charge in [0.1, 0.15) is 17.0 Å². The maximum Gasteiger partial charge on any atom is 0.335 e. The first-order valence-corrected chi connectivity index (χ1v) is 15.2. The average molecular weight is 560 g/mol. The molecule has 8 rings (SSSR count). The number of aromatic carboxylic acids is 1. The highest BCUT2D eigenvalue weighted by Gasteiger charge is 2.43. The Hall–Kier alpha value is -3.30. The number of nitrogens with zero attached hydrogens (tertiary/aromatic N) is 3. The molecule has 2 aromatic heterocycles. The molecule has 2 aromatic carbocycles. The number of rotatable bonds is 8. The lowest BCUT2D eigenvalue weighted by atomic mass is 9.97. The zero-order valence-electron chi connectivity index (χ0n) is 22.0. The van der Waals surface area contributed by atoms with E-state index in [2.05, 4.69) is 39.3 Å². The van der Waals surface area contributed by atoms with Crippen molar-refractivity contribution in [2.75, 3.05) is 4.90 Å². The topological polar surface area (TPSA) is 88.7 Å². The summed E-state index contributed by atoms with van der Waals surface area (Å²) in [5, 5.41) is 14.7. The van der Waals surface area contributed by atoms with Gasteiger partial charge >= 0.3 is 5.97 Å². The molecular weight excluding hydrogens is 529 g/mol. The van der Waals surface area contributed by atoms with Crippen LogP contribution in [0, 0.1) is 5.82 Å². The second kappa shape index (κ2) is 9.38. The van der Waals surface area contributed by atoms with Crippen LogP contribution in [-0.2, 0) is 11.3 Å². The molecule has 2 bridgehead atoms. The highest BCUT2D eigenvalue weighted by molar-refractivity contribution is 7.22. The number of anilines is 1. The molecule has 0 radical (unpaired) electrons. The van der Waals surface area contributed by atoms with E-state index in [1.807, 2.05) is 0 Å². The predicted molar refractivity (Wildman–Crippen MR) is 150 cm³/mol. The number of thiazole rings is 1. The number of hydrogen-bond donors (Lipinski definition) is 1. The van der Waals surface area contributed by atoms with Crippen LogP contribution in [0.15, 0.2) is 40.9 Å². The lowest BCUT2D eigenvalue weighted by molar-refractivity contribution is 0.0147. The zero-order chi connectivity index (χ0) is 27.0. The molecule has 3 atom stereocenters. The Morgan fingerprint density at radius 2 is 1.82 bits per heavy atom. The number of carbonyl (C=O) groups is 1. The van der Waals surface area contributed by atoms with Gasteiger partial charge in [0.15, 0.2) is 10.9 Å². The van der Waals surface area contributed by atoms with Crippen LogP contribution in [-0.4, -0.2) is 39.4 Å². The van der Waals surface area contributed by atoms with Gasteiger partial charge in [0.05, 0.1) is 23.0 Å². The number of ether oxygens (including phenoxy) is 1. The molecule has 4 fully saturated rings. The number of fused-ring (bicyclic) bond motifs is 3. The summed E-state index contributed by atoms with van der Waals surface area (Å²) in [6.07, 6.45) is 8.73. The molecule has 9 heteroatoms. The number of hydrogen-bond acceptors (Lipinski definition) is 7. The van der Waals surface area contributed by atoms with E-state index in [1.165, 1.54) is 41.4 Å². The van der Waals surface area contributed by atoms with Gasteiger partial charge < -0.3 is 19.3 Å². The second-order valence-electron chi connectivity index (χ2n) is 11.8. The van der Waals surface area contributed by atoms with Gasteiger partial charge in [-0.15, -0.1) is 0 Å². The van der Waals surface area contributed by atoms with Crippen LogP contribution >= 0.6 is 11.3 Å². The normalized spacial score (nSPS) is 24.2. The van der Waals surface area contributed by atoms with E-state index in [0.29, 0.717) is 23.1 Å². The highest BCUT2D eigenvalue weighted by Crippen LogP contribution is 2.49. The molecule has 2 saturated heterocycles. The summed E-state index contributed by atoms with van der Waals surface area (Å²) in [4.78, 5) is 18.3. The van der Waals surface area contributed by atoms with Gasteiger partial charge in [-0.05, 0) is 75.0 Å². The molecule has 4 heterocycles. The van der Waals surface area contributed by atoms with Gasteiger partial charge in [-0.3, -0.25) is 0 Å². The molecule has 2 unspecified atom stereocenters. The Morgan fingerprint density at radius 3 is 2.55 bits per heavy atom. The molecule has 2 aliphatic carbocycles. The molecule has 2 saturated carbocycles. The SMILES string of the molecule is O=C(O)c1cc(F)c2nc(N3C4CC[C@H]3CC(OCc3c(-c5ccccc5C5CC5)noc3C3CC3)C4)sc2c1. The van der Waals surface area contributed by atoms with Crippen molar-refractivity contribution in [3.05, 3.63) is 64.7 Å². The van der Waals surface area contributed by atoms with Gasteiger partial charge in [0.2, 0.25) is 0 Å². The lowest BCUT2D eigenvalue weighted by Gasteiger charge is -2.38. The molecular formula is C31H30FN3O4S. The molecule has 206 valence electrons. The molecule has 4 aromatic rings. The number of halogens is 1. The Morgan fingerprint density at radius 1 is 1.07 bits per heavy atom. The molecule has 0 spiro atoms. The van der Waals surface area contributed by atoms with Crippen LogP contribution < -0.4 is 4.90 Å². The van der Waals surface area contributed by atoms with Gasteiger partial charge in [-0.1, -0.05) is 40.8 Å².